The van der Waals surface area contributed by atoms with Gasteiger partial charge in [-0.1, -0.05) is 0 Å². The zero-order chi connectivity index (χ0) is 12.3. The highest BCUT2D eigenvalue weighted by molar-refractivity contribution is 7.99. The molecule has 1 unspecified atom stereocenters. The van der Waals surface area contributed by atoms with E-state index in [0.717, 1.165) is 24.3 Å². The number of hydrogen-bond donors (Lipinski definition) is 3. The fourth-order valence-corrected chi connectivity index (χ4v) is 4.25. The molecule has 96 valence electrons. The van der Waals surface area contributed by atoms with Crippen molar-refractivity contribution < 1.29 is 13.5 Å². The third-order valence-corrected chi connectivity index (χ3v) is 5.39. The van der Waals surface area contributed by atoms with Gasteiger partial charge in [-0.25, -0.2) is 13.1 Å². The predicted octanol–water partition coefficient (Wildman–Crippen LogP) is 0.681. The number of H-pyrrole nitrogens is 1. The van der Waals surface area contributed by atoms with Crippen LogP contribution in [0.4, 0.5) is 0 Å². The lowest BCUT2D eigenvalue weighted by atomic mass is 10.2. The van der Waals surface area contributed by atoms with Gasteiger partial charge in [0.1, 0.15) is 0 Å². The maximum atomic E-state index is 12.0. The topological polar surface area (TPSA) is 82.2 Å². The molecular weight excluding hydrogens is 260 g/mol. The summed E-state index contributed by atoms with van der Waals surface area (Å²) < 4.78 is 26.7. The summed E-state index contributed by atoms with van der Waals surface area (Å²) in [5, 5.41) is 8.89. The van der Waals surface area contributed by atoms with Crippen molar-refractivity contribution in [1.82, 2.24) is 9.71 Å². The molecule has 1 aromatic heterocycles. The number of aromatic amines is 1. The summed E-state index contributed by atoms with van der Waals surface area (Å²) in [6.07, 6.45) is 3.35. The summed E-state index contributed by atoms with van der Waals surface area (Å²) in [4.78, 5) is 2.92. The molecule has 1 fully saturated rings. The van der Waals surface area contributed by atoms with Crippen molar-refractivity contribution in [2.45, 2.75) is 30.4 Å². The van der Waals surface area contributed by atoms with Gasteiger partial charge in [0.05, 0.1) is 11.5 Å². The minimum Gasteiger partial charge on any atom is -0.390 e. The second-order valence-electron chi connectivity index (χ2n) is 4.05. The van der Waals surface area contributed by atoms with E-state index in [1.165, 1.54) is 12.3 Å². The molecule has 1 aliphatic rings. The molecule has 1 aromatic rings. The monoisotopic (exact) mass is 276 g/mol. The highest BCUT2D eigenvalue weighted by atomic mass is 32.2. The smallest absolute Gasteiger partial charge is 0.242 e. The molecule has 0 aliphatic carbocycles. The van der Waals surface area contributed by atoms with Crippen molar-refractivity contribution in [2.24, 2.45) is 0 Å². The Balaban J connectivity index is 2.07. The lowest BCUT2D eigenvalue weighted by Crippen LogP contribution is -2.38. The van der Waals surface area contributed by atoms with Gasteiger partial charge < -0.3 is 10.1 Å². The van der Waals surface area contributed by atoms with Gasteiger partial charge in [-0.15, -0.1) is 0 Å². The van der Waals surface area contributed by atoms with Crippen LogP contribution in [0.3, 0.4) is 0 Å². The van der Waals surface area contributed by atoms with E-state index in [1.807, 2.05) is 0 Å². The number of sulfonamides is 1. The van der Waals surface area contributed by atoms with Crippen LogP contribution in [-0.4, -0.2) is 36.1 Å². The lowest BCUT2D eigenvalue weighted by Gasteiger charge is -2.21. The normalized spacial score (nSPS) is 21.6. The number of nitrogens with one attached hydrogen (secondary N) is 2. The van der Waals surface area contributed by atoms with Crippen molar-refractivity contribution in [3.63, 3.8) is 0 Å². The van der Waals surface area contributed by atoms with Gasteiger partial charge in [-0.05, 0) is 24.7 Å². The Morgan fingerprint density at radius 2 is 2.41 bits per heavy atom. The van der Waals surface area contributed by atoms with Crippen LogP contribution >= 0.6 is 11.8 Å². The second kappa shape index (κ2) is 5.43. The first-order valence-corrected chi connectivity index (χ1v) is 8.14. The molecule has 3 N–H and O–H groups in total. The summed E-state index contributed by atoms with van der Waals surface area (Å²) in [6, 6.07) is 1.48. The van der Waals surface area contributed by atoms with Crippen LogP contribution in [0.5, 0.6) is 0 Å². The Kier molecular flexibility index (Phi) is 4.13. The van der Waals surface area contributed by atoms with Crippen LogP contribution in [0.25, 0.3) is 0 Å². The standard InChI is InChI=1S/C10H16N2O3S2/c13-6-9-4-10(5-11-9)17(14,15)12-8-2-1-3-16-7-8/h4-5,8,11-13H,1-3,6-7H2. The molecule has 0 aromatic carbocycles. The fourth-order valence-electron chi connectivity index (χ4n) is 1.79. The molecule has 0 amide bonds. The molecule has 0 spiro atoms. The first-order valence-electron chi connectivity index (χ1n) is 5.50. The molecule has 0 radical (unpaired) electrons. The molecule has 1 aliphatic heterocycles. The van der Waals surface area contributed by atoms with Gasteiger partial charge in [0.15, 0.2) is 0 Å². The zero-order valence-electron chi connectivity index (χ0n) is 9.35. The number of aliphatic hydroxyl groups is 1. The van der Waals surface area contributed by atoms with Crippen LogP contribution in [0.2, 0.25) is 0 Å². The van der Waals surface area contributed by atoms with Crippen molar-refractivity contribution in [3.8, 4) is 0 Å². The summed E-state index contributed by atoms with van der Waals surface area (Å²) >= 11 is 1.77. The molecule has 0 saturated carbocycles. The maximum Gasteiger partial charge on any atom is 0.242 e. The number of aliphatic hydroxyl groups excluding tert-OH is 1. The first-order chi connectivity index (χ1) is 8.12. The van der Waals surface area contributed by atoms with Gasteiger partial charge >= 0.3 is 0 Å². The molecule has 1 atom stereocenters. The van der Waals surface area contributed by atoms with E-state index < -0.39 is 10.0 Å². The van der Waals surface area contributed by atoms with E-state index in [1.54, 1.807) is 11.8 Å². The Morgan fingerprint density at radius 1 is 1.59 bits per heavy atom. The molecule has 1 saturated heterocycles. The molecule has 0 bridgehead atoms. The number of rotatable bonds is 4. The predicted molar refractivity (Wildman–Crippen MR) is 67.4 cm³/mol. The van der Waals surface area contributed by atoms with Crippen LogP contribution in [-0.2, 0) is 16.6 Å². The van der Waals surface area contributed by atoms with E-state index in [4.69, 9.17) is 5.11 Å². The molecular formula is C10H16N2O3S2. The summed E-state index contributed by atoms with van der Waals surface area (Å²) in [7, 11) is -3.45. The molecule has 2 heterocycles. The van der Waals surface area contributed by atoms with E-state index in [0.29, 0.717) is 5.69 Å². The quantitative estimate of drug-likeness (QED) is 0.755. The summed E-state index contributed by atoms with van der Waals surface area (Å²) in [5.74, 6) is 1.94. The largest absolute Gasteiger partial charge is 0.390 e. The Bertz CT molecular complexity index is 464. The van der Waals surface area contributed by atoms with Gasteiger partial charge in [0, 0.05) is 23.7 Å². The van der Waals surface area contributed by atoms with Gasteiger partial charge in [0.25, 0.3) is 0 Å². The van der Waals surface area contributed by atoms with Gasteiger partial charge in [-0.2, -0.15) is 11.8 Å². The highest BCUT2D eigenvalue weighted by Crippen LogP contribution is 2.19. The number of hydrogen-bond acceptors (Lipinski definition) is 4. The van der Waals surface area contributed by atoms with Crippen LogP contribution in [0, 0.1) is 0 Å². The van der Waals surface area contributed by atoms with Gasteiger partial charge in [-0.3, -0.25) is 0 Å². The van der Waals surface area contributed by atoms with E-state index in [-0.39, 0.29) is 17.5 Å². The van der Waals surface area contributed by atoms with Gasteiger partial charge in [0.2, 0.25) is 10.0 Å². The van der Waals surface area contributed by atoms with Crippen molar-refractivity contribution in [1.29, 1.82) is 0 Å². The van der Waals surface area contributed by atoms with Crippen LogP contribution in [0.1, 0.15) is 18.5 Å². The van der Waals surface area contributed by atoms with E-state index in [9.17, 15) is 8.42 Å². The molecule has 2 rings (SSSR count). The number of thioether (sulfide) groups is 1. The Labute approximate surface area is 105 Å². The average molecular weight is 276 g/mol. The molecule has 17 heavy (non-hydrogen) atoms. The third-order valence-electron chi connectivity index (χ3n) is 2.68. The minimum atomic E-state index is -3.45. The van der Waals surface area contributed by atoms with E-state index in [2.05, 4.69) is 9.71 Å². The second-order valence-corrected chi connectivity index (χ2v) is 6.92. The number of aromatic nitrogens is 1. The molecule has 7 heteroatoms. The van der Waals surface area contributed by atoms with E-state index >= 15 is 0 Å². The Morgan fingerprint density at radius 3 is 3.00 bits per heavy atom. The highest BCUT2D eigenvalue weighted by Gasteiger charge is 2.22. The SMILES string of the molecule is O=S(=O)(NC1CCCSC1)c1c[nH]c(CO)c1. The maximum absolute atomic E-state index is 12.0. The zero-order valence-corrected chi connectivity index (χ0v) is 11.0. The van der Waals surface area contributed by atoms with Crippen molar-refractivity contribution in [2.75, 3.05) is 11.5 Å². The van der Waals surface area contributed by atoms with Crippen LogP contribution in [0.15, 0.2) is 17.2 Å². The first kappa shape index (κ1) is 12.9. The lowest BCUT2D eigenvalue weighted by molar-refractivity contribution is 0.277. The minimum absolute atomic E-state index is 0.0197. The van der Waals surface area contributed by atoms with Crippen molar-refractivity contribution in [3.05, 3.63) is 18.0 Å². The Hall–Kier alpha value is -0.500. The summed E-state index contributed by atoms with van der Waals surface area (Å²) in [6.45, 7) is -0.186. The van der Waals surface area contributed by atoms with Crippen LogP contribution < -0.4 is 4.72 Å². The molecule has 5 nitrogen and oxygen atoms in total. The average Bonchev–Trinajstić information content (AvgIpc) is 2.79. The fraction of sp³-hybridized carbons (Fsp3) is 0.600. The third kappa shape index (κ3) is 3.25. The van der Waals surface area contributed by atoms with Crippen molar-refractivity contribution >= 4 is 21.8 Å². The summed E-state index contributed by atoms with van der Waals surface area (Å²) in [5.41, 5.74) is 0.503.